The van der Waals surface area contributed by atoms with Gasteiger partial charge in [-0.05, 0) is 36.4 Å². The van der Waals surface area contributed by atoms with Crippen molar-refractivity contribution < 1.29 is 18.7 Å². The Kier molecular flexibility index (Phi) is 5.76. The summed E-state index contributed by atoms with van der Waals surface area (Å²) in [6, 6.07) is 8.28. The lowest BCUT2D eigenvalue weighted by atomic mass is 10.2. The Morgan fingerprint density at radius 2 is 1.91 bits per heavy atom. The highest BCUT2D eigenvalue weighted by atomic mass is 19.1. The fraction of sp³-hybridized carbons (Fsp3) is 0.188. The molecule has 7 heteroatoms. The van der Waals surface area contributed by atoms with Gasteiger partial charge in [0.1, 0.15) is 11.5 Å². The number of pyridine rings is 1. The molecule has 0 saturated carbocycles. The minimum Gasteiger partial charge on any atom is -0.383 e. The lowest BCUT2D eigenvalue weighted by Gasteiger charge is -2.07. The van der Waals surface area contributed by atoms with Crippen molar-refractivity contribution in [2.75, 3.05) is 25.6 Å². The maximum absolute atomic E-state index is 12.8. The highest BCUT2D eigenvalue weighted by Gasteiger charge is 2.11. The van der Waals surface area contributed by atoms with Crippen LogP contribution in [0.25, 0.3) is 0 Å². The zero-order valence-corrected chi connectivity index (χ0v) is 12.5. The molecule has 1 aromatic carbocycles. The molecule has 23 heavy (non-hydrogen) atoms. The summed E-state index contributed by atoms with van der Waals surface area (Å²) in [6.45, 7) is 0.736. The molecule has 120 valence electrons. The smallest absolute Gasteiger partial charge is 0.269 e. The van der Waals surface area contributed by atoms with Gasteiger partial charge < -0.3 is 15.4 Å². The third-order valence-electron chi connectivity index (χ3n) is 2.95. The highest BCUT2D eigenvalue weighted by molar-refractivity contribution is 6.05. The molecular weight excluding hydrogens is 301 g/mol. The molecule has 0 unspecified atom stereocenters. The van der Waals surface area contributed by atoms with E-state index in [1.54, 1.807) is 0 Å². The van der Waals surface area contributed by atoms with Gasteiger partial charge in [0.25, 0.3) is 11.8 Å². The van der Waals surface area contributed by atoms with Gasteiger partial charge >= 0.3 is 0 Å². The van der Waals surface area contributed by atoms with Crippen molar-refractivity contribution in [1.29, 1.82) is 0 Å². The van der Waals surface area contributed by atoms with Crippen molar-refractivity contribution in [3.05, 3.63) is 59.7 Å². The van der Waals surface area contributed by atoms with Crippen molar-refractivity contribution in [3.63, 3.8) is 0 Å². The van der Waals surface area contributed by atoms with Crippen LogP contribution in [0.3, 0.4) is 0 Å². The van der Waals surface area contributed by atoms with E-state index in [1.807, 2.05) is 0 Å². The van der Waals surface area contributed by atoms with Gasteiger partial charge in [-0.25, -0.2) is 4.39 Å². The number of carbonyl (C=O) groups excluding carboxylic acids is 2. The molecule has 2 N–H and O–H groups in total. The van der Waals surface area contributed by atoms with Crippen LogP contribution in [0.4, 0.5) is 10.1 Å². The van der Waals surface area contributed by atoms with Gasteiger partial charge in [0.05, 0.1) is 6.61 Å². The topological polar surface area (TPSA) is 80.3 Å². The van der Waals surface area contributed by atoms with Crippen molar-refractivity contribution in [1.82, 2.24) is 10.3 Å². The van der Waals surface area contributed by atoms with E-state index < -0.39 is 11.8 Å². The fourth-order valence-electron chi connectivity index (χ4n) is 1.79. The lowest BCUT2D eigenvalue weighted by molar-refractivity contribution is 0.0932. The van der Waals surface area contributed by atoms with Crippen molar-refractivity contribution in [2.24, 2.45) is 0 Å². The van der Waals surface area contributed by atoms with Crippen molar-refractivity contribution >= 4 is 17.5 Å². The van der Waals surface area contributed by atoms with Gasteiger partial charge in [-0.3, -0.25) is 14.6 Å². The second kappa shape index (κ2) is 8.00. The van der Waals surface area contributed by atoms with E-state index in [0.29, 0.717) is 18.8 Å². The number of nitrogens with zero attached hydrogens (tertiary/aromatic N) is 1. The molecule has 0 spiro atoms. The number of hydrogen-bond donors (Lipinski definition) is 2. The average molecular weight is 317 g/mol. The summed E-state index contributed by atoms with van der Waals surface area (Å²) in [4.78, 5) is 28.0. The number of benzene rings is 1. The first-order chi connectivity index (χ1) is 11.1. The Bertz CT molecular complexity index is 689. The summed E-state index contributed by atoms with van der Waals surface area (Å²) >= 11 is 0. The molecule has 0 saturated heterocycles. The Labute approximate surface area is 132 Å². The zero-order chi connectivity index (χ0) is 16.7. The number of nitrogens with one attached hydrogen (secondary N) is 2. The summed E-state index contributed by atoms with van der Waals surface area (Å²) < 4.78 is 17.7. The number of anilines is 1. The van der Waals surface area contributed by atoms with E-state index in [0.717, 1.165) is 0 Å². The molecule has 1 heterocycles. The lowest BCUT2D eigenvalue weighted by Crippen LogP contribution is -2.28. The molecule has 2 aromatic rings. The van der Waals surface area contributed by atoms with E-state index in [4.69, 9.17) is 4.74 Å². The van der Waals surface area contributed by atoms with Crippen LogP contribution in [0.5, 0.6) is 0 Å². The van der Waals surface area contributed by atoms with Crippen molar-refractivity contribution in [3.8, 4) is 0 Å². The first-order valence-corrected chi connectivity index (χ1v) is 6.90. The molecule has 0 fully saturated rings. The van der Waals surface area contributed by atoms with Gasteiger partial charge in [0.15, 0.2) is 0 Å². The number of aromatic nitrogens is 1. The minimum absolute atomic E-state index is 0.132. The van der Waals surface area contributed by atoms with Crippen LogP contribution in [0.1, 0.15) is 20.8 Å². The fourth-order valence-corrected chi connectivity index (χ4v) is 1.79. The summed E-state index contributed by atoms with van der Waals surface area (Å²) in [5, 5.41) is 5.24. The third kappa shape index (κ3) is 4.86. The quantitative estimate of drug-likeness (QED) is 0.797. The molecule has 0 bridgehead atoms. The highest BCUT2D eigenvalue weighted by Crippen LogP contribution is 2.11. The Balaban J connectivity index is 2.04. The monoisotopic (exact) mass is 317 g/mol. The third-order valence-corrected chi connectivity index (χ3v) is 2.95. The Hall–Kier alpha value is -2.80. The van der Waals surface area contributed by atoms with Crippen LogP contribution in [0.2, 0.25) is 0 Å². The number of carbonyl (C=O) groups is 2. The van der Waals surface area contributed by atoms with Crippen LogP contribution in [-0.4, -0.2) is 37.1 Å². The molecular formula is C16H16FN3O3. The summed E-state index contributed by atoms with van der Waals surface area (Å²) in [7, 11) is 1.53. The van der Waals surface area contributed by atoms with Gasteiger partial charge in [-0.1, -0.05) is 0 Å². The molecule has 0 radical (unpaired) electrons. The maximum Gasteiger partial charge on any atom is 0.269 e. The predicted octanol–water partition coefficient (Wildman–Crippen LogP) is 1.85. The van der Waals surface area contributed by atoms with E-state index in [1.165, 1.54) is 49.7 Å². The predicted molar refractivity (Wildman–Crippen MR) is 82.8 cm³/mol. The van der Waals surface area contributed by atoms with Gasteiger partial charge in [-0.2, -0.15) is 0 Å². The normalized spacial score (nSPS) is 10.2. The van der Waals surface area contributed by atoms with Crippen LogP contribution < -0.4 is 10.6 Å². The van der Waals surface area contributed by atoms with Crippen molar-refractivity contribution in [2.45, 2.75) is 0 Å². The largest absolute Gasteiger partial charge is 0.383 e. The number of ether oxygens (including phenoxy) is 1. The molecule has 0 atom stereocenters. The summed E-state index contributed by atoms with van der Waals surface area (Å²) in [5.41, 5.74) is 0.869. The molecule has 0 aliphatic rings. The minimum atomic E-state index is -0.412. The van der Waals surface area contributed by atoms with E-state index in [9.17, 15) is 14.0 Å². The van der Waals surface area contributed by atoms with Gasteiger partial charge in [-0.15, -0.1) is 0 Å². The number of methoxy groups -OCH3 is 1. The molecule has 6 nitrogen and oxygen atoms in total. The number of amides is 2. The Morgan fingerprint density at radius 3 is 2.61 bits per heavy atom. The first-order valence-electron chi connectivity index (χ1n) is 6.90. The zero-order valence-electron chi connectivity index (χ0n) is 12.5. The van der Waals surface area contributed by atoms with Crippen LogP contribution in [0.15, 0.2) is 42.6 Å². The molecule has 2 rings (SSSR count). The number of halogens is 1. The summed E-state index contributed by atoms with van der Waals surface area (Å²) in [6.07, 6.45) is 1.38. The van der Waals surface area contributed by atoms with E-state index >= 15 is 0 Å². The van der Waals surface area contributed by atoms with E-state index in [2.05, 4.69) is 15.6 Å². The van der Waals surface area contributed by atoms with Crippen LogP contribution in [-0.2, 0) is 4.74 Å². The second-order valence-corrected chi connectivity index (χ2v) is 4.64. The molecule has 1 aromatic heterocycles. The van der Waals surface area contributed by atoms with Crippen LogP contribution in [0, 0.1) is 5.82 Å². The molecule has 0 aliphatic carbocycles. The summed E-state index contributed by atoms with van der Waals surface area (Å²) in [5.74, 6) is -1.19. The standard InChI is InChI=1S/C16H16FN3O3/c1-23-9-8-19-16(22)14-10-11(6-7-18-14)15(21)20-13-4-2-12(17)3-5-13/h2-7,10H,8-9H2,1H3,(H,19,22)(H,20,21). The average Bonchev–Trinajstić information content (AvgIpc) is 2.57. The first kappa shape index (κ1) is 16.6. The second-order valence-electron chi connectivity index (χ2n) is 4.64. The molecule has 2 amide bonds. The SMILES string of the molecule is COCCNC(=O)c1cc(C(=O)Nc2ccc(F)cc2)ccn1. The number of rotatable bonds is 6. The van der Waals surface area contributed by atoms with E-state index in [-0.39, 0.29) is 17.1 Å². The maximum atomic E-state index is 12.8. The van der Waals surface area contributed by atoms with Gasteiger partial charge in [0.2, 0.25) is 0 Å². The van der Waals surface area contributed by atoms with Gasteiger partial charge in [0, 0.05) is 31.1 Å². The Morgan fingerprint density at radius 1 is 1.17 bits per heavy atom. The number of hydrogen-bond acceptors (Lipinski definition) is 4. The molecule has 0 aliphatic heterocycles. The van der Waals surface area contributed by atoms with Crippen LogP contribution >= 0.6 is 0 Å².